The minimum absolute atomic E-state index is 0.0494. The van der Waals surface area contributed by atoms with Crippen molar-refractivity contribution in [2.75, 3.05) is 11.4 Å². The molecule has 6 heteroatoms. The van der Waals surface area contributed by atoms with Crippen LogP contribution in [0.2, 0.25) is 0 Å². The van der Waals surface area contributed by atoms with Gasteiger partial charge >= 0.3 is 11.9 Å². The lowest BCUT2D eigenvalue weighted by molar-refractivity contribution is 0.0696. The maximum atomic E-state index is 11.6. The Hall–Kier alpha value is -2.89. The van der Waals surface area contributed by atoms with E-state index in [-0.39, 0.29) is 11.1 Å². The first-order valence-electron chi connectivity index (χ1n) is 7.33. The van der Waals surface area contributed by atoms with Crippen molar-refractivity contribution in [2.45, 2.75) is 19.8 Å². The van der Waals surface area contributed by atoms with Gasteiger partial charge in [0.15, 0.2) is 0 Å². The van der Waals surface area contributed by atoms with Crippen LogP contribution in [0.15, 0.2) is 42.6 Å². The van der Waals surface area contributed by atoms with Crippen LogP contribution in [-0.4, -0.2) is 33.7 Å². The second kappa shape index (κ2) is 7.40. The molecule has 0 aliphatic rings. The summed E-state index contributed by atoms with van der Waals surface area (Å²) >= 11 is 0. The van der Waals surface area contributed by atoms with Crippen LogP contribution >= 0.6 is 0 Å². The summed E-state index contributed by atoms with van der Waals surface area (Å²) in [5, 5.41) is 18.5. The Bertz CT molecular complexity index is 701. The summed E-state index contributed by atoms with van der Waals surface area (Å²) in [4.78, 5) is 28.7. The highest BCUT2D eigenvalue weighted by molar-refractivity contribution is 5.99. The number of nitrogens with zero attached hydrogens (tertiary/aromatic N) is 2. The second-order valence-electron chi connectivity index (χ2n) is 5.04. The quantitative estimate of drug-likeness (QED) is 0.813. The van der Waals surface area contributed by atoms with E-state index in [9.17, 15) is 14.7 Å². The minimum atomic E-state index is -1.17. The van der Waals surface area contributed by atoms with Gasteiger partial charge in [0, 0.05) is 12.7 Å². The first-order valence-corrected chi connectivity index (χ1v) is 7.33. The van der Waals surface area contributed by atoms with Crippen LogP contribution in [-0.2, 0) is 0 Å². The van der Waals surface area contributed by atoms with E-state index < -0.39 is 11.9 Å². The second-order valence-corrected chi connectivity index (χ2v) is 5.04. The molecule has 0 unspecified atom stereocenters. The van der Waals surface area contributed by atoms with Crippen LogP contribution in [0.3, 0.4) is 0 Å². The predicted molar refractivity (Wildman–Crippen MR) is 86.5 cm³/mol. The van der Waals surface area contributed by atoms with E-state index >= 15 is 0 Å². The van der Waals surface area contributed by atoms with Crippen molar-refractivity contribution >= 4 is 23.4 Å². The number of rotatable bonds is 7. The number of carboxylic acid groups (broad SMARTS) is 2. The molecular formula is C17H18N2O4. The van der Waals surface area contributed by atoms with E-state index in [1.165, 1.54) is 18.2 Å². The van der Waals surface area contributed by atoms with E-state index in [2.05, 4.69) is 4.98 Å². The molecule has 1 heterocycles. The third-order valence-electron chi connectivity index (χ3n) is 3.43. The van der Waals surface area contributed by atoms with Gasteiger partial charge in [-0.15, -0.1) is 0 Å². The average molecular weight is 314 g/mol. The topological polar surface area (TPSA) is 90.7 Å². The molecule has 1 aromatic carbocycles. The summed E-state index contributed by atoms with van der Waals surface area (Å²) in [5.74, 6) is -1.69. The van der Waals surface area contributed by atoms with E-state index in [1.54, 1.807) is 23.2 Å². The molecule has 23 heavy (non-hydrogen) atoms. The Morgan fingerprint density at radius 3 is 2.48 bits per heavy atom. The molecule has 0 fully saturated rings. The minimum Gasteiger partial charge on any atom is -0.478 e. The van der Waals surface area contributed by atoms with E-state index in [1.807, 2.05) is 13.0 Å². The van der Waals surface area contributed by atoms with Gasteiger partial charge in [-0.25, -0.2) is 14.6 Å². The Morgan fingerprint density at radius 1 is 1.13 bits per heavy atom. The number of hydrogen-bond donors (Lipinski definition) is 2. The Morgan fingerprint density at radius 2 is 1.91 bits per heavy atom. The molecule has 0 amide bonds. The molecule has 0 aliphatic carbocycles. The highest BCUT2D eigenvalue weighted by Crippen LogP contribution is 2.28. The van der Waals surface area contributed by atoms with Crippen LogP contribution in [0, 0.1) is 0 Å². The van der Waals surface area contributed by atoms with Crippen molar-refractivity contribution in [1.82, 2.24) is 4.98 Å². The van der Waals surface area contributed by atoms with Crippen LogP contribution in [0.4, 0.5) is 11.5 Å². The molecule has 2 N–H and O–H groups in total. The van der Waals surface area contributed by atoms with Crippen LogP contribution in [0.5, 0.6) is 0 Å². The lowest BCUT2D eigenvalue weighted by Crippen LogP contribution is -2.22. The molecule has 1 aromatic heterocycles. The van der Waals surface area contributed by atoms with Gasteiger partial charge in [-0.2, -0.15) is 0 Å². The van der Waals surface area contributed by atoms with Crippen molar-refractivity contribution in [3.8, 4) is 0 Å². The summed E-state index contributed by atoms with van der Waals surface area (Å²) in [6.45, 7) is 2.64. The largest absolute Gasteiger partial charge is 0.478 e. The summed E-state index contributed by atoms with van der Waals surface area (Å²) in [6.07, 6.45) is 3.44. The van der Waals surface area contributed by atoms with Crippen molar-refractivity contribution in [3.05, 3.63) is 53.7 Å². The molecule has 0 aliphatic heterocycles. The number of aromatic carboxylic acids is 2. The number of benzene rings is 1. The molecule has 2 rings (SSSR count). The molecule has 0 spiro atoms. The maximum absolute atomic E-state index is 11.6. The zero-order chi connectivity index (χ0) is 16.8. The summed E-state index contributed by atoms with van der Waals surface area (Å²) in [6, 6.07) is 9.53. The monoisotopic (exact) mass is 314 g/mol. The number of pyridine rings is 1. The fourth-order valence-corrected chi connectivity index (χ4v) is 2.26. The number of anilines is 2. The molecular weight excluding hydrogens is 296 g/mol. The molecule has 6 nitrogen and oxygen atoms in total. The molecule has 0 atom stereocenters. The SMILES string of the molecule is CCCCN(c1ccccn1)c1ccc(C(=O)O)cc1C(=O)O. The normalized spacial score (nSPS) is 10.3. The van der Waals surface area contributed by atoms with Crippen LogP contribution in [0.1, 0.15) is 40.5 Å². The van der Waals surface area contributed by atoms with Gasteiger partial charge in [0.1, 0.15) is 5.82 Å². The fourth-order valence-electron chi connectivity index (χ4n) is 2.26. The Kier molecular flexibility index (Phi) is 5.30. The Labute approximate surface area is 134 Å². The van der Waals surface area contributed by atoms with E-state index in [4.69, 9.17) is 5.11 Å². The van der Waals surface area contributed by atoms with Gasteiger partial charge in [0.05, 0.1) is 16.8 Å². The number of carbonyl (C=O) groups is 2. The molecule has 120 valence electrons. The summed E-state index contributed by atoms with van der Waals surface area (Å²) in [5.41, 5.74) is 0.337. The van der Waals surface area contributed by atoms with E-state index in [0.717, 1.165) is 12.8 Å². The number of aromatic nitrogens is 1. The molecule has 2 aromatic rings. The average Bonchev–Trinajstić information content (AvgIpc) is 2.56. The molecule has 0 saturated heterocycles. The van der Waals surface area contributed by atoms with Crippen LogP contribution < -0.4 is 4.90 Å². The zero-order valence-electron chi connectivity index (χ0n) is 12.8. The molecule has 0 saturated carbocycles. The first kappa shape index (κ1) is 16.5. The van der Waals surface area contributed by atoms with Crippen molar-refractivity contribution in [1.29, 1.82) is 0 Å². The van der Waals surface area contributed by atoms with Gasteiger partial charge in [-0.1, -0.05) is 19.4 Å². The van der Waals surface area contributed by atoms with Gasteiger partial charge < -0.3 is 15.1 Å². The van der Waals surface area contributed by atoms with Gasteiger partial charge in [0.25, 0.3) is 0 Å². The van der Waals surface area contributed by atoms with Crippen molar-refractivity contribution in [3.63, 3.8) is 0 Å². The van der Waals surface area contributed by atoms with Gasteiger partial charge in [-0.3, -0.25) is 0 Å². The summed E-state index contributed by atoms with van der Waals surface area (Å²) in [7, 11) is 0. The first-order chi connectivity index (χ1) is 11.0. The maximum Gasteiger partial charge on any atom is 0.337 e. The third kappa shape index (κ3) is 3.85. The fraction of sp³-hybridized carbons (Fsp3) is 0.235. The lowest BCUT2D eigenvalue weighted by atomic mass is 10.1. The smallest absolute Gasteiger partial charge is 0.337 e. The molecule has 0 radical (unpaired) electrons. The third-order valence-corrected chi connectivity index (χ3v) is 3.43. The number of hydrogen-bond acceptors (Lipinski definition) is 4. The highest BCUT2D eigenvalue weighted by Gasteiger charge is 2.20. The summed E-state index contributed by atoms with van der Waals surface area (Å²) < 4.78 is 0. The highest BCUT2D eigenvalue weighted by atomic mass is 16.4. The van der Waals surface area contributed by atoms with Crippen molar-refractivity contribution < 1.29 is 19.8 Å². The number of carboxylic acids is 2. The van der Waals surface area contributed by atoms with Gasteiger partial charge in [0.2, 0.25) is 0 Å². The van der Waals surface area contributed by atoms with Gasteiger partial charge in [-0.05, 0) is 36.8 Å². The standard InChI is InChI=1S/C17H18N2O4/c1-2-3-10-19(15-6-4-5-9-18-15)14-8-7-12(16(20)21)11-13(14)17(22)23/h4-9,11H,2-3,10H2,1H3,(H,20,21)(H,22,23). The van der Waals surface area contributed by atoms with Crippen LogP contribution in [0.25, 0.3) is 0 Å². The van der Waals surface area contributed by atoms with Crippen molar-refractivity contribution in [2.24, 2.45) is 0 Å². The predicted octanol–water partition coefficient (Wildman–Crippen LogP) is 3.42. The lowest BCUT2D eigenvalue weighted by Gasteiger charge is -2.25. The van der Waals surface area contributed by atoms with E-state index in [0.29, 0.717) is 18.1 Å². The number of unbranched alkanes of at least 4 members (excludes halogenated alkanes) is 1. The zero-order valence-corrected chi connectivity index (χ0v) is 12.8. The molecule has 0 bridgehead atoms. The Balaban J connectivity index is 2.53.